The summed E-state index contributed by atoms with van der Waals surface area (Å²) in [5, 5.41) is 4.90. The Labute approximate surface area is 126 Å². The Morgan fingerprint density at radius 3 is 2.65 bits per heavy atom. The van der Waals surface area contributed by atoms with Crippen LogP contribution in [0.15, 0.2) is 29.6 Å². The lowest BCUT2D eigenvalue weighted by Crippen LogP contribution is -2.26. The van der Waals surface area contributed by atoms with Crippen LogP contribution in [0.2, 0.25) is 0 Å². The summed E-state index contributed by atoms with van der Waals surface area (Å²) in [4.78, 5) is 26.7. The summed E-state index contributed by atoms with van der Waals surface area (Å²) in [6.07, 6.45) is 0.508. The van der Waals surface area contributed by atoms with E-state index in [9.17, 15) is 9.59 Å². The molecule has 1 unspecified atom stereocenters. The van der Waals surface area contributed by atoms with E-state index in [1.54, 1.807) is 11.3 Å². The molecule has 0 spiro atoms. The smallest absolute Gasteiger partial charge is 0.220 e. The van der Waals surface area contributed by atoms with Crippen LogP contribution in [0.1, 0.15) is 45.2 Å². The van der Waals surface area contributed by atoms with Crippen molar-refractivity contribution in [2.24, 2.45) is 0 Å². The molecule has 0 saturated heterocycles. The van der Waals surface area contributed by atoms with Crippen molar-refractivity contribution in [3.05, 3.63) is 44.3 Å². The fourth-order valence-corrected chi connectivity index (χ4v) is 3.43. The molecule has 0 aliphatic heterocycles. The third-order valence-corrected chi connectivity index (χ3v) is 5.04. The van der Waals surface area contributed by atoms with Crippen molar-refractivity contribution in [3.63, 3.8) is 0 Å². The average Bonchev–Trinajstić information content (AvgIpc) is 3.06. The summed E-state index contributed by atoms with van der Waals surface area (Å²) in [7, 11) is 0. The predicted octanol–water partition coefficient (Wildman–Crippen LogP) is 3.96. The van der Waals surface area contributed by atoms with Crippen LogP contribution in [0.25, 0.3) is 0 Å². The molecule has 2 aromatic heterocycles. The maximum Gasteiger partial charge on any atom is 0.220 e. The first-order valence-corrected chi connectivity index (χ1v) is 8.18. The lowest BCUT2D eigenvalue weighted by Gasteiger charge is -2.11. The largest absolute Gasteiger partial charge is 0.349 e. The second kappa shape index (κ2) is 6.81. The fourth-order valence-electron chi connectivity index (χ4n) is 1.86. The number of hydrogen-bond acceptors (Lipinski definition) is 4. The van der Waals surface area contributed by atoms with Crippen molar-refractivity contribution < 1.29 is 9.59 Å². The number of hydrogen-bond donors (Lipinski definition) is 1. The number of Topliss-reactive ketones (excluding diaryl/α,β-unsaturated/α-hetero) is 1. The molecular weight excluding hydrogens is 290 g/mol. The normalized spacial score (nSPS) is 12.1. The minimum Gasteiger partial charge on any atom is -0.349 e. The highest BCUT2D eigenvalue weighted by Crippen LogP contribution is 2.19. The van der Waals surface area contributed by atoms with Gasteiger partial charge < -0.3 is 5.32 Å². The van der Waals surface area contributed by atoms with E-state index < -0.39 is 0 Å². The molecule has 2 rings (SSSR count). The van der Waals surface area contributed by atoms with E-state index in [-0.39, 0.29) is 30.6 Å². The van der Waals surface area contributed by atoms with Crippen molar-refractivity contribution in [2.75, 3.05) is 0 Å². The van der Waals surface area contributed by atoms with Gasteiger partial charge >= 0.3 is 0 Å². The van der Waals surface area contributed by atoms with Crippen LogP contribution in [0, 0.1) is 6.92 Å². The van der Waals surface area contributed by atoms with E-state index in [1.165, 1.54) is 11.3 Å². The van der Waals surface area contributed by atoms with Gasteiger partial charge in [-0.1, -0.05) is 6.07 Å². The molecule has 0 radical (unpaired) electrons. The van der Waals surface area contributed by atoms with Crippen LogP contribution >= 0.6 is 22.7 Å². The van der Waals surface area contributed by atoms with E-state index in [2.05, 4.69) is 5.32 Å². The molecule has 1 atom stereocenters. The number of ketones is 1. The Bertz CT molecular complexity index is 587. The number of thiophene rings is 2. The van der Waals surface area contributed by atoms with Gasteiger partial charge in [-0.25, -0.2) is 0 Å². The van der Waals surface area contributed by atoms with Crippen LogP contribution in [0.3, 0.4) is 0 Å². The third kappa shape index (κ3) is 4.02. The number of rotatable bonds is 6. The Morgan fingerprint density at radius 1 is 1.25 bits per heavy atom. The number of carbonyl (C=O) groups is 2. The van der Waals surface area contributed by atoms with Gasteiger partial charge in [0.05, 0.1) is 10.9 Å². The van der Waals surface area contributed by atoms with Gasteiger partial charge in [-0.3, -0.25) is 9.59 Å². The van der Waals surface area contributed by atoms with Gasteiger partial charge in [-0.15, -0.1) is 22.7 Å². The van der Waals surface area contributed by atoms with Gasteiger partial charge in [-0.05, 0) is 37.4 Å². The van der Waals surface area contributed by atoms with E-state index in [1.807, 2.05) is 43.5 Å². The molecule has 1 N–H and O–H groups in total. The molecule has 2 aromatic rings. The third-order valence-electron chi connectivity index (χ3n) is 2.94. The maximum absolute atomic E-state index is 11.9. The second-order valence-electron chi connectivity index (χ2n) is 4.64. The van der Waals surface area contributed by atoms with E-state index in [0.717, 1.165) is 14.6 Å². The molecule has 0 aromatic carbocycles. The number of nitrogens with one attached hydrogen (secondary N) is 1. The van der Waals surface area contributed by atoms with Crippen molar-refractivity contribution in [3.8, 4) is 0 Å². The van der Waals surface area contributed by atoms with Crippen LogP contribution in [-0.4, -0.2) is 11.7 Å². The monoisotopic (exact) mass is 307 g/mol. The van der Waals surface area contributed by atoms with Gasteiger partial charge in [0.2, 0.25) is 5.91 Å². The topological polar surface area (TPSA) is 46.2 Å². The highest BCUT2D eigenvalue weighted by atomic mass is 32.1. The van der Waals surface area contributed by atoms with Gasteiger partial charge in [-0.2, -0.15) is 0 Å². The van der Waals surface area contributed by atoms with Crippen molar-refractivity contribution in [1.29, 1.82) is 0 Å². The maximum atomic E-state index is 11.9. The molecule has 2 heterocycles. The molecule has 20 heavy (non-hydrogen) atoms. The van der Waals surface area contributed by atoms with Crippen molar-refractivity contribution >= 4 is 34.4 Å². The molecule has 0 bridgehead atoms. The molecule has 3 nitrogen and oxygen atoms in total. The van der Waals surface area contributed by atoms with Crippen LogP contribution in [0.5, 0.6) is 0 Å². The Balaban J connectivity index is 1.79. The zero-order valence-corrected chi connectivity index (χ0v) is 13.1. The summed E-state index contributed by atoms with van der Waals surface area (Å²) in [6, 6.07) is 7.72. The van der Waals surface area contributed by atoms with Crippen molar-refractivity contribution in [1.82, 2.24) is 5.32 Å². The SMILES string of the molecule is Cc1ccc(C(=O)CCC(=O)NC(C)c2cccs2)s1. The summed E-state index contributed by atoms with van der Waals surface area (Å²) >= 11 is 3.10. The standard InChI is InChI=1S/C15H17NO2S2/c1-10-5-7-14(20-10)12(17)6-8-15(18)16-11(2)13-4-3-9-19-13/h3-5,7,9,11H,6,8H2,1-2H3,(H,16,18). The van der Waals surface area contributed by atoms with Crippen molar-refractivity contribution in [2.45, 2.75) is 32.7 Å². The van der Waals surface area contributed by atoms with Crippen LogP contribution < -0.4 is 5.32 Å². The summed E-state index contributed by atoms with van der Waals surface area (Å²) in [5.41, 5.74) is 0. The first kappa shape index (κ1) is 14.9. The Hall–Kier alpha value is -1.46. The van der Waals surface area contributed by atoms with Crippen LogP contribution in [0.4, 0.5) is 0 Å². The summed E-state index contributed by atoms with van der Waals surface area (Å²) in [5.74, 6) is -0.0328. The predicted molar refractivity (Wildman–Crippen MR) is 83.5 cm³/mol. The average molecular weight is 307 g/mol. The number of amides is 1. The van der Waals surface area contributed by atoms with E-state index in [0.29, 0.717) is 0 Å². The first-order chi connectivity index (χ1) is 9.56. The lowest BCUT2D eigenvalue weighted by atomic mass is 10.1. The minimum atomic E-state index is -0.0764. The zero-order valence-electron chi connectivity index (χ0n) is 11.5. The molecule has 5 heteroatoms. The van der Waals surface area contributed by atoms with Gasteiger partial charge in [0.15, 0.2) is 5.78 Å². The molecule has 106 valence electrons. The Kier molecular flexibility index (Phi) is 5.09. The fraction of sp³-hybridized carbons (Fsp3) is 0.333. The summed E-state index contributed by atoms with van der Waals surface area (Å²) in [6.45, 7) is 3.92. The minimum absolute atomic E-state index is 0.00147. The molecule has 0 fully saturated rings. The summed E-state index contributed by atoms with van der Waals surface area (Å²) < 4.78 is 0. The van der Waals surface area contributed by atoms with Crippen LogP contribution in [-0.2, 0) is 4.79 Å². The van der Waals surface area contributed by atoms with E-state index >= 15 is 0 Å². The Morgan fingerprint density at radius 2 is 2.05 bits per heavy atom. The molecule has 0 aliphatic carbocycles. The van der Waals surface area contributed by atoms with Gasteiger partial charge in [0, 0.05) is 22.6 Å². The van der Waals surface area contributed by atoms with Gasteiger partial charge in [0.25, 0.3) is 0 Å². The quantitative estimate of drug-likeness (QED) is 0.821. The lowest BCUT2D eigenvalue weighted by molar-refractivity contribution is -0.121. The molecule has 1 amide bonds. The van der Waals surface area contributed by atoms with E-state index in [4.69, 9.17) is 0 Å². The highest BCUT2D eigenvalue weighted by Gasteiger charge is 2.13. The number of aryl methyl sites for hydroxylation is 1. The highest BCUT2D eigenvalue weighted by molar-refractivity contribution is 7.14. The second-order valence-corrected chi connectivity index (χ2v) is 6.91. The zero-order chi connectivity index (χ0) is 14.5. The molecular formula is C15H17NO2S2. The first-order valence-electron chi connectivity index (χ1n) is 6.48. The molecule has 0 aliphatic rings. The van der Waals surface area contributed by atoms with Gasteiger partial charge in [0.1, 0.15) is 0 Å². The number of carbonyl (C=O) groups excluding carboxylic acids is 2. The molecule has 0 saturated carbocycles.